The van der Waals surface area contributed by atoms with Gasteiger partial charge in [0, 0.05) is 41.8 Å². The minimum atomic E-state index is -0.0436. The number of thiophene rings is 1. The second-order valence-corrected chi connectivity index (χ2v) is 7.41. The molecular weight excluding hydrogens is 338 g/mol. The van der Waals surface area contributed by atoms with Crippen LogP contribution in [0, 0.1) is 6.92 Å². The molecule has 0 aliphatic carbocycles. The maximum absolute atomic E-state index is 12.3. The van der Waals surface area contributed by atoms with E-state index < -0.39 is 0 Å². The standard InChI is InChI=1S/C18H19N3OS2/c1-12-8-15(21(2)3)4-5-16(12)20-17(22)9-14-11-24-18(19-14)13-6-7-23-10-13/h4-8,10-11H,9H2,1-3H3,(H,20,22). The summed E-state index contributed by atoms with van der Waals surface area (Å²) >= 11 is 3.22. The molecule has 1 N–H and O–H groups in total. The van der Waals surface area contributed by atoms with E-state index in [-0.39, 0.29) is 12.3 Å². The van der Waals surface area contributed by atoms with Gasteiger partial charge in [-0.2, -0.15) is 11.3 Å². The summed E-state index contributed by atoms with van der Waals surface area (Å²) in [4.78, 5) is 18.9. The predicted octanol–water partition coefficient (Wildman–Crippen LogP) is 4.43. The number of nitrogens with zero attached hydrogens (tertiary/aromatic N) is 2. The number of thiazole rings is 1. The first-order valence-corrected chi connectivity index (χ1v) is 9.40. The number of hydrogen-bond donors (Lipinski definition) is 1. The molecule has 0 unspecified atom stereocenters. The third-order valence-electron chi connectivity index (χ3n) is 3.66. The minimum Gasteiger partial charge on any atom is -0.378 e. The molecule has 0 bridgehead atoms. The third kappa shape index (κ3) is 3.83. The summed E-state index contributed by atoms with van der Waals surface area (Å²) in [5, 5.41) is 9.99. The van der Waals surface area contributed by atoms with Crippen molar-refractivity contribution in [2.75, 3.05) is 24.3 Å². The first-order valence-electron chi connectivity index (χ1n) is 7.58. The van der Waals surface area contributed by atoms with Crippen molar-refractivity contribution in [2.45, 2.75) is 13.3 Å². The molecule has 0 fully saturated rings. The van der Waals surface area contributed by atoms with Crippen LogP contribution >= 0.6 is 22.7 Å². The van der Waals surface area contributed by atoms with Crippen LogP contribution in [0.15, 0.2) is 40.4 Å². The summed E-state index contributed by atoms with van der Waals surface area (Å²) in [7, 11) is 4.00. The predicted molar refractivity (Wildman–Crippen MR) is 103 cm³/mol. The average Bonchev–Trinajstić information content (AvgIpc) is 3.20. The smallest absolute Gasteiger partial charge is 0.230 e. The molecule has 124 valence electrons. The first kappa shape index (κ1) is 16.7. The van der Waals surface area contributed by atoms with Crippen molar-refractivity contribution < 1.29 is 4.79 Å². The van der Waals surface area contributed by atoms with Gasteiger partial charge in [0.15, 0.2) is 0 Å². The van der Waals surface area contributed by atoms with Gasteiger partial charge >= 0.3 is 0 Å². The lowest BCUT2D eigenvalue weighted by molar-refractivity contribution is -0.115. The van der Waals surface area contributed by atoms with Gasteiger partial charge in [-0.05, 0) is 42.1 Å². The highest BCUT2D eigenvalue weighted by molar-refractivity contribution is 7.14. The Kier molecular flexibility index (Phi) is 4.97. The summed E-state index contributed by atoms with van der Waals surface area (Å²) in [5.41, 5.74) is 4.93. The summed E-state index contributed by atoms with van der Waals surface area (Å²) in [6.07, 6.45) is 0.287. The molecule has 0 saturated carbocycles. The molecule has 0 atom stereocenters. The van der Waals surface area contributed by atoms with Gasteiger partial charge in [-0.15, -0.1) is 11.3 Å². The monoisotopic (exact) mass is 357 g/mol. The van der Waals surface area contributed by atoms with Crippen LogP contribution in [0.25, 0.3) is 10.6 Å². The highest BCUT2D eigenvalue weighted by Gasteiger charge is 2.11. The molecule has 4 nitrogen and oxygen atoms in total. The van der Waals surface area contributed by atoms with Crippen LogP contribution in [-0.4, -0.2) is 25.0 Å². The van der Waals surface area contributed by atoms with Crippen molar-refractivity contribution in [2.24, 2.45) is 0 Å². The van der Waals surface area contributed by atoms with Crippen molar-refractivity contribution in [3.8, 4) is 10.6 Å². The molecule has 0 saturated heterocycles. The fourth-order valence-corrected chi connectivity index (χ4v) is 3.86. The van der Waals surface area contributed by atoms with E-state index >= 15 is 0 Å². The maximum atomic E-state index is 12.3. The van der Waals surface area contributed by atoms with Crippen LogP contribution in [0.5, 0.6) is 0 Å². The van der Waals surface area contributed by atoms with Crippen molar-refractivity contribution in [1.82, 2.24) is 4.98 Å². The average molecular weight is 358 g/mol. The molecule has 24 heavy (non-hydrogen) atoms. The molecule has 2 aromatic heterocycles. The highest BCUT2D eigenvalue weighted by atomic mass is 32.1. The zero-order chi connectivity index (χ0) is 17.1. The highest BCUT2D eigenvalue weighted by Crippen LogP contribution is 2.26. The normalized spacial score (nSPS) is 10.6. The Morgan fingerprint density at radius 2 is 2.08 bits per heavy atom. The molecule has 1 amide bonds. The van der Waals surface area contributed by atoms with Gasteiger partial charge in [-0.3, -0.25) is 4.79 Å². The second-order valence-electron chi connectivity index (χ2n) is 5.77. The molecule has 1 aromatic carbocycles. The number of aryl methyl sites for hydroxylation is 1. The lowest BCUT2D eigenvalue weighted by atomic mass is 10.1. The first-order chi connectivity index (χ1) is 11.5. The summed E-state index contributed by atoms with van der Waals surface area (Å²) < 4.78 is 0. The fraction of sp³-hybridized carbons (Fsp3) is 0.222. The maximum Gasteiger partial charge on any atom is 0.230 e. The summed E-state index contributed by atoms with van der Waals surface area (Å²) in [5.74, 6) is -0.0436. The quantitative estimate of drug-likeness (QED) is 0.735. The Morgan fingerprint density at radius 3 is 2.75 bits per heavy atom. The number of benzene rings is 1. The van der Waals surface area contributed by atoms with E-state index in [2.05, 4.69) is 21.7 Å². The lowest BCUT2D eigenvalue weighted by Crippen LogP contribution is -2.16. The molecule has 3 rings (SSSR count). The van der Waals surface area contributed by atoms with Gasteiger partial charge in [0.2, 0.25) is 5.91 Å². The van der Waals surface area contributed by atoms with Crippen molar-refractivity contribution in [3.63, 3.8) is 0 Å². The van der Waals surface area contributed by atoms with Crippen molar-refractivity contribution in [1.29, 1.82) is 0 Å². The molecule has 0 spiro atoms. The molecule has 2 heterocycles. The topological polar surface area (TPSA) is 45.2 Å². The Labute approximate surface area is 149 Å². The van der Waals surface area contributed by atoms with Gasteiger partial charge in [0.1, 0.15) is 5.01 Å². The van der Waals surface area contributed by atoms with Crippen LogP contribution in [0.4, 0.5) is 11.4 Å². The van der Waals surface area contributed by atoms with Crippen LogP contribution in [0.2, 0.25) is 0 Å². The van der Waals surface area contributed by atoms with Crippen LogP contribution in [0.3, 0.4) is 0 Å². The Morgan fingerprint density at radius 1 is 1.25 bits per heavy atom. The number of rotatable bonds is 5. The van der Waals surface area contributed by atoms with E-state index in [9.17, 15) is 4.79 Å². The van der Waals surface area contributed by atoms with E-state index in [1.165, 1.54) is 0 Å². The van der Waals surface area contributed by atoms with E-state index in [0.29, 0.717) is 0 Å². The lowest BCUT2D eigenvalue weighted by Gasteiger charge is -2.15. The number of nitrogens with one attached hydrogen (secondary N) is 1. The Balaban J connectivity index is 1.66. The summed E-state index contributed by atoms with van der Waals surface area (Å²) in [6.45, 7) is 2.00. The number of carbonyl (C=O) groups is 1. The Bertz CT molecular complexity index is 838. The summed E-state index contributed by atoms with van der Waals surface area (Å²) in [6, 6.07) is 8.05. The van der Waals surface area contributed by atoms with Crippen molar-refractivity contribution >= 4 is 40.0 Å². The van der Waals surface area contributed by atoms with Gasteiger partial charge in [0.05, 0.1) is 12.1 Å². The molecule has 3 aromatic rings. The molecule has 6 heteroatoms. The number of hydrogen-bond acceptors (Lipinski definition) is 5. The van der Waals surface area contributed by atoms with Gasteiger partial charge in [0.25, 0.3) is 0 Å². The fourth-order valence-electron chi connectivity index (χ4n) is 2.33. The van der Waals surface area contributed by atoms with Crippen LogP contribution in [-0.2, 0) is 11.2 Å². The van der Waals surface area contributed by atoms with E-state index in [0.717, 1.165) is 33.2 Å². The SMILES string of the molecule is Cc1cc(N(C)C)ccc1NC(=O)Cc1csc(-c2ccsc2)n1. The van der Waals surface area contributed by atoms with E-state index in [1.807, 2.05) is 54.9 Å². The Hall–Kier alpha value is -2.18. The third-order valence-corrected chi connectivity index (χ3v) is 5.29. The van der Waals surface area contributed by atoms with Gasteiger partial charge in [-0.25, -0.2) is 4.98 Å². The molecular formula is C18H19N3OS2. The second kappa shape index (κ2) is 7.15. The number of amides is 1. The molecule has 0 radical (unpaired) electrons. The zero-order valence-corrected chi connectivity index (χ0v) is 15.5. The van der Waals surface area contributed by atoms with Gasteiger partial charge < -0.3 is 10.2 Å². The van der Waals surface area contributed by atoms with Crippen LogP contribution in [0.1, 0.15) is 11.3 Å². The van der Waals surface area contributed by atoms with Gasteiger partial charge in [-0.1, -0.05) is 0 Å². The number of carbonyl (C=O) groups excluding carboxylic acids is 1. The molecule has 0 aliphatic rings. The van der Waals surface area contributed by atoms with Crippen LogP contribution < -0.4 is 10.2 Å². The minimum absolute atomic E-state index is 0.0436. The van der Waals surface area contributed by atoms with Crippen molar-refractivity contribution in [3.05, 3.63) is 51.7 Å². The largest absolute Gasteiger partial charge is 0.378 e. The number of anilines is 2. The van der Waals surface area contributed by atoms with E-state index in [4.69, 9.17) is 0 Å². The number of aromatic nitrogens is 1. The van der Waals surface area contributed by atoms with E-state index in [1.54, 1.807) is 22.7 Å². The zero-order valence-electron chi connectivity index (χ0n) is 13.9. The molecule has 0 aliphatic heterocycles.